The van der Waals surface area contributed by atoms with E-state index in [1.54, 1.807) is 7.11 Å². The van der Waals surface area contributed by atoms with Gasteiger partial charge in [0, 0.05) is 74.9 Å². The summed E-state index contributed by atoms with van der Waals surface area (Å²) in [5.41, 5.74) is 8.38. The second-order valence-corrected chi connectivity index (χ2v) is 7.14. The Bertz CT molecular complexity index is 751. The van der Waals surface area contributed by atoms with Gasteiger partial charge in [-0.3, -0.25) is 15.3 Å². The Morgan fingerprint density at radius 2 is 1.93 bits per heavy atom. The van der Waals surface area contributed by atoms with Gasteiger partial charge in [0.1, 0.15) is 11.6 Å². The lowest BCUT2D eigenvalue weighted by Gasteiger charge is -2.37. The van der Waals surface area contributed by atoms with Crippen LogP contribution in [0.4, 0.5) is 10.1 Å². The molecule has 2 unspecified atom stereocenters. The third-order valence-corrected chi connectivity index (χ3v) is 5.53. The van der Waals surface area contributed by atoms with E-state index >= 15 is 0 Å². The van der Waals surface area contributed by atoms with E-state index in [0.717, 1.165) is 39.3 Å². The molecule has 144 valence electrons. The third-order valence-electron chi connectivity index (χ3n) is 5.53. The number of benzene rings is 1. The first-order chi connectivity index (χ1) is 13.2. The van der Waals surface area contributed by atoms with Crippen molar-refractivity contribution in [3.8, 4) is 5.75 Å². The number of pyridine rings is 1. The molecule has 27 heavy (non-hydrogen) atoms. The average molecular weight is 371 g/mol. The molecule has 0 radical (unpaired) electrons. The van der Waals surface area contributed by atoms with Crippen molar-refractivity contribution in [2.75, 3.05) is 51.3 Å². The van der Waals surface area contributed by atoms with E-state index in [2.05, 4.69) is 37.8 Å². The molecule has 0 spiro atoms. The Balaban J connectivity index is 1.37. The van der Waals surface area contributed by atoms with E-state index in [9.17, 15) is 4.39 Å². The minimum Gasteiger partial charge on any atom is -0.497 e. The number of hydrazine groups is 1. The summed E-state index contributed by atoms with van der Waals surface area (Å²) in [5.74, 6) is 0.648. The smallest absolute Gasteiger partial charge is 0.131 e. The fourth-order valence-electron chi connectivity index (χ4n) is 4.00. The molecule has 1 aromatic heterocycles. The van der Waals surface area contributed by atoms with E-state index in [-0.39, 0.29) is 11.9 Å². The van der Waals surface area contributed by atoms with Gasteiger partial charge in [0.05, 0.1) is 13.2 Å². The van der Waals surface area contributed by atoms with Crippen molar-refractivity contribution in [1.29, 1.82) is 0 Å². The van der Waals surface area contributed by atoms with Gasteiger partial charge < -0.3 is 9.64 Å². The van der Waals surface area contributed by atoms with Crippen LogP contribution in [-0.2, 0) is 0 Å². The second-order valence-electron chi connectivity index (χ2n) is 7.14. The number of anilines is 1. The lowest BCUT2D eigenvalue weighted by molar-refractivity contribution is 0.213. The van der Waals surface area contributed by atoms with Crippen LogP contribution >= 0.6 is 0 Å². The van der Waals surface area contributed by atoms with Gasteiger partial charge in [-0.05, 0) is 18.2 Å². The quantitative estimate of drug-likeness (QED) is 0.836. The van der Waals surface area contributed by atoms with Crippen molar-refractivity contribution in [3.05, 3.63) is 54.1 Å². The predicted octanol–water partition coefficient (Wildman–Crippen LogP) is 1.82. The zero-order valence-electron chi connectivity index (χ0n) is 15.6. The summed E-state index contributed by atoms with van der Waals surface area (Å²) in [5, 5.41) is 0. The summed E-state index contributed by atoms with van der Waals surface area (Å²) in [6.07, 6.45) is 3.68. The number of ether oxygens (including phenoxy) is 1. The molecule has 7 heteroatoms. The van der Waals surface area contributed by atoms with E-state index in [0.29, 0.717) is 17.2 Å². The summed E-state index contributed by atoms with van der Waals surface area (Å²) in [4.78, 5) is 8.96. The molecule has 6 nitrogen and oxygen atoms in total. The van der Waals surface area contributed by atoms with Gasteiger partial charge in [0.2, 0.25) is 0 Å². The van der Waals surface area contributed by atoms with Crippen LogP contribution in [0.25, 0.3) is 0 Å². The summed E-state index contributed by atoms with van der Waals surface area (Å²) < 4.78 is 19.6. The van der Waals surface area contributed by atoms with Gasteiger partial charge in [-0.25, -0.2) is 9.82 Å². The number of rotatable bonds is 5. The summed E-state index contributed by atoms with van der Waals surface area (Å²) in [6.45, 7) is 5.80. The topological polar surface area (TPSA) is 52.7 Å². The summed E-state index contributed by atoms with van der Waals surface area (Å²) in [7, 11) is 1.55. The lowest BCUT2D eigenvalue weighted by atomic mass is 9.93. The standard InChI is InChI=1S/C20H26FN5O/c1-27-17-2-3-18(19(21)12-17)20-15(13-23-24-20)14-25-8-10-26(11-9-25)16-4-6-22-7-5-16/h2-7,12,15,20,23-24H,8-11,13-14H2,1H3. The van der Waals surface area contributed by atoms with Crippen molar-refractivity contribution in [2.45, 2.75) is 6.04 Å². The number of halogens is 1. The number of hydrogen-bond donors (Lipinski definition) is 2. The van der Waals surface area contributed by atoms with Gasteiger partial charge in [0.25, 0.3) is 0 Å². The number of nitrogens with zero attached hydrogens (tertiary/aromatic N) is 3. The number of piperazine rings is 1. The largest absolute Gasteiger partial charge is 0.497 e. The van der Waals surface area contributed by atoms with Crippen LogP contribution in [0.1, 0.15) is 11.6 Å². The van der Waals surface area contributed by atoms with E-state index in [1.165, 1.54) is 11.8 Å². The summed E-state index contributed by atoms with van der Waals surface area (Å²) >= 11 is 0. The minimum atomic E-state index is -0.219. The van der Waals surface area contributed by atoms with Gasteiger partial charge in [0.15, 0.2) is 0 Å². The first-order valence-corrected chi connectivity index (χ1v) is 9.44. The molecule has 4 rings (SSSR count). The normalized spacial score (nSPS) is 23.6. The Labute approximate surface area is 159 Å². The first kappa shape index (κ1) is 18.2. The van der Waals surface area contributed by atoms with Crippen LogP contribution in [-0.4, -0.2) is 56.3 Å². The molecule has 2 fully saturated rings. The molecular formula is C20H26FN5O. The molecule has 0 saturated carbocycles. The molecule has 2 aliphatic rings. The molecule has 1 aromatic carbocycles. The monoisotopic (exact) mass is 371 g/mol. The van der Waals surface area contributed by atoms with Crippen LogP contribution in [0.3, 0.4) is 0 Å². The van der Waals surface area contributed by atoms with Crippen molar-refractivity contribution >= 4 is 5.69 Å². The van der Waals surface area contributed by atoms with Crippen molar-refractivity contribution in [2.24, 2.45) is 5.92 Å². The van der Waals surface area contributed by atoms with Crippen molar-refractivity contribution in [1.82, 2.24) is 20.7 Å². The highest BCUT2D eigenvalue weighted by Crippen LogP contribution is 2.30. The number of aromatic nitrogens is 1. The highest BCUT2D eigenvalue weighted by atomic mass is 19.1. The van der Waals surface area contributed by atoms with Gasteiger partial charge in [-0.2, -0.15) is 0 Å². The molecule has 0 bridgehead atoms. The SMILES string of the molecule is COc1ccc(C2NNCC2CN2CCN(c3ccncc3)CC2)c(F)c1. The third kappa shape index (κ3) is 4.05. The molecule has 0 amide bonds. The Hall–Kier alpha value is -2.22. The lowest BCUT2D eigenvalue weighted by Crippen LogP contribution is -2.48. The Kier molecular flexibility index (Phi) is 5.52. The second kappa shape index (κ2) is 8.21. The van der Waals surface area contributed by atoms with Crippen LogP contribution in [0.5, 0.6) is 5.75 Å². The molecule has 0 aliphatic carbocycles. The number of hydrogen-bond acceptors (Lipinski definition) is 6. The highest BCUT2D eigenvalue weighted by Gasteiger charge is 2.32. The molecule has 2 aromatic rings. The van der Waals surface area contributed by atoms with Crippen LogP contribution in [0.15, 0.2) is 42.7 Å². The van der Waals surface area contributed by atoms with E-state index in [1.807, 2.05) is 24.5 Å². The van der Waals surface area contributed by atoms with Crippen LogP contribution in [0.2, 0.25) is 0 Å². The number of methoxy groups -OCH3 is 1. The van der Waals surface area contributed by atoms with Gasteiger partial charge in [-0.15, -0.1) is 0 Å². The van der Waals surface area contributed by atoms with Crippen LogP contribution < -0.4 is 20.5 Å². The Morgan fingerprint density at radius 3 is 2.63 bits per heavy atom. The average Bonchev–Trinajstić information content (AvgIpc) is 3.17. The number of nitrogens with one attached hydrogen (secondary N) is 2. The van der Waals surface area contributed by atoms with Gasteiger partial charge >= 0.3 is 0 Å². The minimum absolute atomic E-state index is 0.0332. The van der Waals surface area contributed by atoms with Gasteiger partial charge in [-0.1, -0.05) is 6.07 Å². The maximum absolute atomic E-state index is 14.5. The fourth-order valence-corrected chi connectivity index (χ4v) is 4.00. The highest BCUT2D eigenvalue weighted by molar-refractivity contribution is 5.45. The first-order valence-electron chi connectivity index (χ1n) is 9.44. The zero-order valence-corrected chi connectivity index (χ0v) is 15.6. The molecule has 2 atom stereocenters. The van der Waals surface area contributed by atoms with Crippen molar-refractivity contribution < 1.29 is 9.13 Å². The zero-order chi connectivity index (χ0) is 18.6. The molecule has 3 heterocycles. The maximum atomic E-state index is 14.5. The molecular weight excluding hydrogens is 345 g/mol. The molecule has 2 saturated heterocycles. The summed E-state index contributed by atoms with van der Waals surface area (Å²) in [6, 6.07) is 9.19. The maximum Gasteiger partial charge on any atom is 0.131 e. The Morgan fingerprint density at radius 1 is 1.15 bits per heavy atom. The molecule has 2 aliphatic heterocycles. The predicted molar refractivity (Wildman–Crippen MR) is 103 cm³/mol. The molecule has 2 N–H and O–H groups in total. The fraction of sp³-hybridized carbons (Fsp3) is 0.450. The van der Waals surface area contributed by atoms with E-state index in [4.69, 9.17) is 4.74 Å². The van der Waals surface area contributed by atoms with Crippen molar-refractivity contribution in [3.63, 3.8) is 0 Å². The van der Waals surface area contributed by atoms with Crippen LogP contribution in [0, 0.1) is 11.7 Å². The van der Waals surface area contributed by atoms with E-state index < -0.39 is 0 Å².